The molecule has 2 aromatic carbocycles. The van der Waals surface area contributed by atoms with Crippen LogP contribution >= 0.6 is 0 Å². The van der Waals surface area contributed by atoms with Crippen molar-refractivity contribution in [3.63, 3.8) is 0 Å². The molecule has 0 fully saturated rings. The first-order valence-electron chi connectivity index (χ1n) is 7.17. The fourth-order valence-corrected chi connectivity index (χ4v) is 2.22. The van der Waals surface area contributed by atoms with Crippen molar-refractivity contribution in [3.05, 3.63) is 63.7 Å². The lowest BCUT2D eigenvalue weighted by Gasteiger charge is -2.17. The van der Waals surface area contributed by atoms with Gasteiger partial charge in [0.25, 0.3) is 11.6 Å². The van der Waals surface area contributed by atoms with Gasteiger partial charge in [-0.05, 0) is 25.1 Å². The monoisotopic (exact) mass is 327 g/mol. The summed E-state index contributed by atoms with van der Waals surface area (Å²) in [6.45, 7) is 1.44. The summed E-state index contributed by atoms with van der Waals surface area (Å²) in [4.78, 5) is 36.1. The van der Waals surface area contributed by atoms with Crippen LogP contribution in [-0.2, 0) is 0 Å². The van der Waals surface area contributed by atoms with Crippen LogP contribution in [0.5, 0.6) is 0 Å². The van der Waals surface area contributed by atoms with Gasteiger partial charge in [0.15, 0.2) is 5.78 Å². The summed E-state index contributed by atoms with van der Waals surface area (Å²) >= 11 is 0. The second-order valence-electron chi connectivity index (χ2n) is 5.44. The van der Waals surface area contributed by atoms with Gasteiger partial charge in [-0.1, -0.05) is 12.1 Å². The average molecular weight is 327 g/mol. The Morgan fingerprint density at radius 2 is 1.83 bits per heavy atom. The van der Waals surface area contributed by atoms with Gasteiger partial charge in [-0.15, -0.1) is 0 Å². The molecule has 0 radical (unpaired) electrons. The topological polar surface area (TPSA) is 92.5 Å². The van der Waals surface area contributed by atoms with E-state index in [4.69, 9.17) is 0 Å². The van der Waals surface area contributed by atoms with Crippen LogP contribution in [0.1, 0.15) is 27.6 Å². The standard InChI is InChI=1S/C17H17N3O4/c1-11(21)12-5-4-6-13(9-12)18-17(22)15-10-14(20(23)24)7-8-16(15)19(2)3/h4-10H,1-3H3,(H,18,22). The van der Waals surface area contributed by atoms with Crippen molar-refractivity contribution in [2.24, 2.45) is 0 Å². The Hall–Kier alpha value is -3.22. The zero-order chi connectivity index (χ0) is 17.9. The minimum absolute atomic E-state index is 0.115. The van der Waals surface area contributed by atoms with Gasteiger partial charge in [-0.3, -0.25) is 19.7 Å². The number of rotatable bonds is 5. The number of nitro groups is 1. The molecule has 0 spiro atoms. The highest BCUT2D eigenvalue weighted by Gasteiger charge is 2.18. The molecule has 0 bridgehead atoms. The molecule has 0 aliphatic heterocycles. The zero-order valence-corrected chi connectivity index (χ0v) is 13.6. The molecule has 2 rings (SSSR count). The Morgan fingerprint density at radius 1 is 1.12 bits per heavy atom. The number of benzene rings is 2. The molecule has 1 amide bonds. The number of Topliss-reactive ketones (excluding diaryl/α,β-unsaturated/α-hetero) is 1. The van der Waals surface area contributed by atoms with Gasteiger partial charge in [0.2, 0.25) is 0 Å². The molecule has 0 aliphatic carbocycles. The number of nitro benzene ring substituents is 1. The van der Waals surface area contributed by atoms with Crippen molar-refractivity contribution in [2.45, 2.75) is 6.92 Å². The number of carbonyl (C=O) groups excluding carboxylic acids is 2. The number of non-ortho nitro benzene ring substituents is 1. The molecule has 7 heteroatoms. The van der Waals surface area contributed by atoms with Crippen LogP contribution < -0.4 is 10.2 Å². The SMILES string of the molecule is CC(=O)c1cccc(NC(=O)c2cc([N+](=O)[O-])ccc2N(C)C)c1. The van der Waals surface area contributed by atoms with Gasteiger partial charge in [0.05, 0.1) is 10.5 Å². The number of carbonyl (C=O) groups is 2. The molecule has 0 heterocycles. The maximum absolute atomic E-state index is 12.6. The number of hydrogen-bond donors (Lipinski definition) is 1. The fourth-order valence-electron chi connectivity index (χ4n) is 2.22. The molecule has 24 heavy (non-hydrogen) atoms. The Morgan fingerprint density at radius 3 is 2.42 bits per heavy atom. The molecule has 0 aromatic heterocycles. The van der Waals surface area contributed by atoms with Gasteiger partial charge in [-0.25, -0.2) is 0 Å². The van der Waals surface area contributed by atoms with Crippen LogP contribution in [0, 0.1) is 10.1 Å². The van der Waals surface area contributed by atoms with Crippen LogP contribution in [0.2, 0.25) is 0 Å². The highest BCUT2D eigenvalue weighted by Crippen LogP contribution is 2.25. The Labute approximate surface area is 139 Å². The third-order valence-electron chi connectivity index (χ3n) is 3.44. The van der Waals surface area contributed by atoms with Crippen molar-refractivity contribution in [3.8, 4) is 0 Å². The molecule has 0 aliphatic rings. The van der Waals surface area contributed by atoms with Crippen LogP contribution in [0.4, 0.5) is 17.1 Å². The minimum Gasteiger partial charge on any atom is -0.377 e. The predicted molar refractivity (Wildman–Crippen MR) is 91.8 cm³/mol. The highest BCUT2D eigenvalue weighted by atomic mass is 16.6. The summed E-state index contributed by atoms with van der Waals surface area (Å²) in [7, 11) is 3.49. The molecular formula is C17H17N3O4. The predicted octanol–water partition coefficient (Wildman–Crippen LogP) is 3.12. The van der Waals surface area contributed by atoms with Crippen LogP contribution in [-0.4, -0.2) is 30.7 Å². The number of amides is 1. The summed E-state index contributed by atoms with van der Waals surface area (Å²) in [5.74, 6) is -0.599. The van der Waals surface area contributed by atoms with E-state index in [0.717, 1.165) is 0 Å². The second-order valence-corrected chi connectivity index (χ2v) is 5.44. The fraction of sp³-hybridized carbons (Fsp3) is 0.176. The highest BCUT2D eigenvalue weighted by molar-refractivity contribution is 6.09. The molecule has 0 saturated heterocycles. The Bertz CT molecular complexity index is 815. The average Bonchev–Trinajstić information content (AvgIpc) is 2.54. The molecule has 124 valence electrons. The number of nitrogens with one attached hydrogen (secondary N) is 1. The van der Waals surface area contributed by atoms with E-state index in [0.29, 0.717) is 16.9 Å². The van der Waals surface area contributed by atoms with E-state index in [2.05, 4.69) is 5.32 Å². The third-order valence-corrected chi connectivity index (χ3v) is 3.44. The van der Waals surface area contributed by atoms with E-state index in [1.807, 2.05) is 0 Å². The molecule has 1 N–H and O–H groups in total. The second kappa shape index (κ2) is 6.91. The molecule has 0 unspecified atom stereocenters. The van der Waals surface area contributed by atoms with E-state index in [9.17, 15) is 19.7 Å². The number of nitrogens with zero attached hydrogens (tertiary/aromatic N) is 2. The summed E-state index contributed by atoms with van der Waals surface area (Å²) in [5.41, 5.74) is 1.50. The number of hydrogen-bond acceptors (Lipinski definition) is 5. The van der Waals surface area contributed by atoms with Crippen molar-refractivity contribution in [1.82, 2.24) is 0 Å². The van der Waals surface area contributed by atoms with Crippen molar-refractivity contribution >= 4 is 28.8 Å². The van der Waals surface area contributed by atoms with E-state index < -0.39 is 10.8 Å². The van der Waals surface area contributed by atoms with E-state index in [1.54, 1.807) is 43.3 Å². The quantitative estimate of drug-likeness (QED) is 0.517. The maximum Gasteiger partial charge on any atom is 0.270 e. The summed E-state index contributed by atoms with van der Waals surface area (Å²) in [5, 5.41) is 13.6. The minimum atomic E-state index is -0.549. The zero-order valence-electron chi connectivity index (χ0n) is 13.6. The Balaban J connectivity index is 2.38. The van der Waals surface area contributed by atoms with E-state index in [1.165, 1.54) is 25.1 Å². The molecule has 0 saturated carbocycles. The smallest absolute Gasteiger partial charge is 0.270 e. The van der Waals surface area contributed by atoms with Gasteiger partial charge >= 0.3 is 0 Å². The molecule has 2 aromatic rings. The van der Waals surface area contributed by atoms with Crippen molar-refractivity contribution in [2.75, 3.05) is 24.3 Å². The van der Waals surface area contributed by atoms with Crippen LogP contribution in [0.15, 0.2) is 42.5 Å². The lowest BCUT2D eigenvalue weighted by Crippen LogP contribution is -2.19. The van der Waals surface area contributed by atoms with Crippen molar-refractivity contribution < 1.29 is 14.5 Å². The first-order chi connectivity index (χ1) is 11.3. The summed E-state index contributed by atoms with van der Waals surface area (Å²) in [6, 6.07) is 10.6. The van der Waals surface area contributed by atoms with Crippen molar-refractivity contribution in [1.29, 1.82) is 0 Å². The van der Waals surface area contributed by atoms with Gasteiger partial charge in [0.1, 0.15) is 0 Å². The van der Waals surface area contributed by atoms with Crippen LogP contribution in [0.3, 0.4) is 0 Å². The number of anilines is 2. The largest absolute Gasteiger partial charge is 0.377 e. The lowest BCUT2D eigenvalue weighted by atomic mass is 10.1. The first kappa shape index (κ1) is 17.1. The van der Waals surface area contributed by atoms with Crippen LogP contribution in [0.25, 0.3) is 0 Å². The molecular weight excluding hydrogens is 310 g/mol. The third kappa shape index (κ3) is 3.75. The van der Waals surface area contributed by atoms with Gasteiger partial charge in [0, 0.05) is 43.2 Å². The molecule has 0 atom stereocenters. The lowest BCUT2D eigenvalue weighted by molar-refractivity contribution is -0.384. The Kier molecular flexibility index (Phi) is 4.93. The van der Waals surface area contributed by atoms with Gasteiger partial charge < -0.3 is 10.2 Å². The molecule has 7 nitrogen and oxygen atoms in total. The number of ketones is 1. The first-order valence-corrected chi connectivity index (χ1v) is 7.17. The van der Waals surface area contributed by atoms with E-state index >= 15 is 0 Å². The van der Waals surface area contributed by atoms with E-state index in [-0.39, 0.29) is 17.0 Å². The summed E-state index contributed by atoms with van der Waals surface area (Å²) in [6.07, 6.45) is 0. The maximum atomic E-state index is 12.6. The summed E-state index contributed by atoms with van der Waals surface area (Å²) < 4.78 is 0. The normalized spacial score (nSPS) is 10.1. The van der Waals surface area contributed by atoms with Gasteiger partial charge in [-0.2, -0.15) is 0 Å².